The molecule has 1 aromatic carbocycles. The van der Waals surface area contributed by atoms with Crippen molar-refractivity contribution in [2.24, 2.45) is 0 Å². The van der Waals surface area contributed by atoms with Crippen LogP contribution >= 0.6 is 0 Å². The normalized spacial score (nSPS) is 21.7. The molecule has 21 heavy (non-hydrogen) atoms. The summed E-state index contributed by atoms with van der Waals surface area (Å²) in [6.07, 6.45) is -5.00. The van der Waals surface area contributed by atoms with Gasteiger partial charge < -0.3 is 5.11 Å². The zero-order valence-corrected chi connectivity index (χ0v) is 13.0. The van der Waals surface area contributed by atoms with Crippen molar-refractivity contribution >= 4 is 0 Å². The zero-order chi connectivity index (χ0) is 16.1. The summed E-state index contributed by atoms with van der Waals surface area (Å²) >= 11 is 0. The molecule has 0 amide bonds. The number of halogens is 3. The van der Waals surface area contributed by atoms with Gasteiger partial charge in [0, 0.05) is 0 Å². The Morgan fingerprint density at radius 3 is 2.10 bits per heavy atom. The van der Waals surface area contributed by atoms with Gasteiger partial charge in [-0.2, -0.15) is 13.2 Å². The fourth-order valence-corrected chi connectivity index (χ4v) is 3.15. The van der Waals surface area contributed by atoms with E-state index >= 15 is 0 Å². The minimum absolute atomic E-state index is 0.0262. The molecule has 0 spiro atoms. The van der Waals surface area contributed by atoms with E-state index in [1.54, 1.807) is 12.1 Å². The molecule has 1 N–H and O–H groups in total. The highest BCUT2D eigenvalue weighted by Gasteiger charge is 2.38. The Bertz CT molecular complexity index is 529. The molecule has 0 saturated heterocycles. The van der Waals surface area contributed by atoms with E-state index in [0.717, 1.165) is 18.4 Å². The van der Waals surface area contributed by atoms with E-state index < -0.39 is 18.7 Å². The lowest BCUT2D eigenvalue weighted by atomic mass is 9.63. The van der Waals surface area contributed by atoms with Crippen LogP contribution in [0.3, 0.4) is 0 Å². The molecule has 0 aliphatic heterocycles. The fraction of sp³-hybridized carbons (Fsp3) is 0.647. The Morgan fingerprint density at radius 2 is 1.57 bits per heavy atom. The average molecular weight is 300 g/mol. The third kappa shape index (κ3) is 3.42. The van der Waals surface area contributed by atoms with E-state index in [0.29, 0.717) is 5.56 Å². The topological polar surface area (TPSA) is 20.2 Å². The monoisotopic (exact) mass is 300 g/mol. The molecule has 118 valence electrons. The Balaban J connectivity index is 2.42. The summed E-state index contributed by atoms with van der Waals surface area (Å²) in [6.45, 7) is 8.54. The van der Waals surface area contributed by atoms with Crippen molar-refractivity contribution in [1.29, 1.82) is 0 Å². The van der Waals surface area contributed by atoms with Crippen molar-refractivity contribution in [2.75, 3.05) is 0 Å². The van der Waals surface area contributed by atoms with Crippen LogP contribution in [0, 0.1) is 0 Å². The van der Waals surface area contributed by atoms with Crippen molar-refractivity contribution in [3.8, 4) is 0 Å². The highest BCUT2D eigenvalue weighted by Crippen LogP contribution is 2.46. The molecule has 1 aliphatic rings. The van der Waals surface area contributed by atoms with E-state index in [1.165, 1.54) is 5.56 Å². The van der Waals surface area contributed by atoms with E-state index in [4.69, 9.17) is 0 Å². The molecular formula is C17H23F3O. The van der Waals surface area contributed by atoms with Gasteiger partial charge in [-0.3, -0.25) is 0 Å². The summed E-state index contributed by atoms with van der Waals surface area (Å²) in [5.41, 5.74) is 2.56. The second kappa shape index (κ2) is 5.01. The van der Waals surface area contributed by atoms with Crippen molar-refractivity contribution < 1.29 is 18.3 Å². The molecule has 4 heteroatoms. The molecule has 0 aromatic heterocycles. The maximum absolute atomic E-state index is 12.4. The molecule has 1 unspecified atom stereocenters. The summed E-state index contributed by atoms with van der Waals surface area (Å²) in [5.74, 6) is 0. The van der Waals surface area contributed by atoms with E-state index in [-0.39, 0.29) is 10.8 Å². The molecule has 0 saturated carbocycles. The van der Waals surface area contributed by atoms with E-state index in [2.05, 4.69) is 27.7 Å². The second-order valence-corrected chi connectivity index (χ2v) is 7.41. The predicted octanol–water partition coefficient (Wildman–Crippen LogP) is 5.02. The molecule has 1 aromatic rings. The van der Waals surface area contributed by atoms with Crippen LogP contribution in [0.4, 0.5) is 13.2 Å². The lowest BCUT2D eigenvalue weighted by Crippen LogP contribution is -2.34. The Hall–Kier alpha value is -1.03. The van der Waals surface area contributed by atoms with Gasteiger partial charge in [0.05, 0.1) is 12.5 Å². The number of aliphatic hydroxyl groups is 1. The van der Waals surface area contributed by atoms with Crippen molar-refractivity contribution in [2.45, 2.75) is 70.1 Å². The molecular weight excluding hydrogens is 277 g/mol. The Labute approximate surface area is 124 Å². The first-order chi connectivity index (χ1) is 9.42. The summed E-state index contributed by atoms with van der Waals surface area (Å²) in [4.78, 5) is 0. The second-order valence-electron chi connectivity index (χ2n) is 7.41. The first-order valence-corrected chi connectivity index (χ1v) is 7.32. The molecule has 0 heterocycles. The van der Waals surface area contributed by atoms with Gasteiger partial charge in [-0.1, -0.05) is 45.9 Å². The maximum atomic E-state index is 12.4. The fourth-order valence-electron chi connectivity index (χ4n) is 3.15. The standard InChI is InChI=1S/C17H23F3O/c1-15(2)7-8-16(3,4)13-9-11(5-6-12(13)15)14(21)10-17(18,19)20/h5-6,9,14,21H,7-8,10H2,1-4H3. The van der Waals surface area contributed by atoms with Crippen LogP contribution in [0.1, 0.15) is 69.8 Å². The van der Waals surface area contributed by atoms with Gasteiger partial charge in [0.15, 0.2) is 0 Å². The lowest BCUT2D eigenvalue weighted by molar-refractivity contribution is -0.154. The van der Waals surface area contributed by atoms with Gasteiger partial charge in [-0.05, 0) is 40.4 Å². The van der Waals surface area contributed by atoms with Crippen LogP contribution in [0.25, 0.3) is 0 Å². The molecule has 1 aliphatic carbocycles. The number of alkyl halides is 3. The minimum atomic E-state index is -4.36. The van der Waals surface area contributed by atoms with Gasteiger partial charge in [0.25, 0.3) is 0 Å². The Morgan fingerprint density at radius 1 is 1.05 bits per heavy atom. The van der Waals surface area contributed by atoms with Gasteiger partial charge in [-0.25, -0.2) is 0 Å². The number of aliphatic hydroxyl groups excluding tert-OH is 1. The highest BCUT2D eigenvalue weighted by atomic mass is 19.4. The third-order valence-electron chi connectivity index (χ3n) is 4.69. The van der Waals surface area contributed by atoms with E-state index in [1.807, 2.05) is 6.07 Å². The molecule has 1 nitrogen and oxygen atoms in total. The van der Waals surface area contributed by atoms with Gasteiger partial charge >= 0.3 is 6.18 Å². The van der Waals surface area contributed by atoms with Crippen LogP contribution in [-0.4, -0.2) is 11.3 Å². The summed E-state index contributed by atoms with van der Waals surface area (Å²) in [6, 6.07) is 5.30. The molecule has 1 atom stereocenters. The lowest BCUT2D eigenvalue weighted by Gasteiger charge is -2.42. The average Bonchev–Trinajstić information content (AvgIpc) is 2.33. The summed E-state index contributed by atoms with van der Waals surface area (Å²) in [7, 11) is 0. The van der Waals surface area contributed by atoms with Crippen molar-refractivity contribution in [3.05, 3.63) is 34.9 Å². The van der Waals surface area contributed by atoms with Crippen LogP contribution in [-0.2, 0) is 10.8 Å². The molecule has 2 rings (SSSR count). The SMILES string of the molecule is CC1(C)CCC(C)(C)c2cc(C(O)CC(F)(F)F)ccc21. The van der Waals surface area contributed by atoms with E-state index in [9.17, 15) is 18.3 Å². The first kappa shape index (κ1) is 16.3. The van der Waals surface area contributed by atoms with Crippen LogP contribution in [0.15, 0.2) is 18.2 Å². The Kier molecular flexibility index (Phi) is 3.90. The number of fused-ring (bicyclic) bond motifs is 1. The third-order valence-corrected chi connectivity index (χ3v) is 4.69. The number of rotatable bonds is 2. The summed E-state index contributed by atoms with van der Waals surface area (Å²) in [5, 5.41) is 9.84. The molecule has 0 fully saturated rings. The smallest absolute Gasteiger partial charge is 0.388 e. The predicted molar refractivity (Wildman–Crippen MR) is 77.4 cm³/mol. The highest BCUT2D eigenvalue weighted by molar-refractivity contribution is 5.44. The van der Waals surface area contributed by atoms with Crippen LogP contribution < -0.4 is 0 Å². The maximum Gasteiger partial charge on any atom is 0.391 e. The van der Waals surface area contributed by atoms with Gasteiger partial charge in [-0.15, -0.1) is 0 Å². The first-order valence-electron chi connectivity index (χ1n) is 7.32. The largest absolute Gasteiger partial charge is 0.391 e. The zero-order valence-electron chi connectivity index (χ0n) is 13.0. The number of benzene rings is 1. The molecule has 0 bridgehead atoms. The van der Waals surface area contributed by atoms with Gasteiger partial charge in [0.1, 0.15) is 0 Å². The van der Waals surface area contributed by atoms with Crippen molar-refractivity contribution in [3.63, 3.8) is 0 Å². The van der Waals surface area contributed by atoms with Crippen LogP contribution in [0.2, 0.25) is 0 Å². The summed E-state index contributed by atoms with van der Waals surface area (Å²) < 4.78 is 37.3. The van der Waals surface area contributed by atoms with Crippen LogP contribution in [0.5, 0.6) is 0 Å². The number of hydrogen-bond acceptors (Lipinski definition) is 1. The molecule has 0 radical (unpaired) electrons. The quantitative estimate of drug-likeness (QED) is 0.813. The van der Waals surface area contributed by atoms with Crippen molar-refractivity contribution in [1.82, 2.24) is 0 Å². The minimum Gasteiger partial charge on any atom is -0.388 e. The number of hydrogen-bond donors (Lipinski definition) is 1. The van der Waals surface area contributed by atoms with Gasteiger partial charge in [0.2, 0.25) is 0 Å².